The Balaban J connectivity index is 2.21. The second-order valence-electron chi connectivity index (χ2n) is 6.85. The Bertz CT molecular complexity index is 530. The van der Waals surface area contributed by atoms with Crippen LogP contribution < -0.4 is 5.32 Å². The maximum atomic E-state index is 10.5. The monoisotopic (exact) mass is 295 g/mol. The van der Waals surface area contributed by atoms with Crippen LogP contribution in [0.3, 0.4) is 0 Å². The van der Waals surface area contributed by atoms with Gasteiger partial charge in [0.05, 0.1) is 0 Å². The molecule has 0 radical (unpaired) electrons. The third-order valence-corrected chi connectivity index (χ3v) is 4.77. The molecule has 1 aromatic carbocycles. The van der Waals surface area contributed by atoms with Crippen molar-refractivity contribution in [3.8, 4) is 0 Å². The number of aliphatic hydroxyl groups excluding tert-OH is 1. The van der Waals surface area contributed by atoms with Crippen LogP contribution in [0.1, 0.15) is 56.6 Å². The molecule has 2 aliphatic heterocycles. The highest BCUT2D eigenvalue weighted by Gasteiger charge is 2.48. The van der Waals surface area contributed by atoms with Gasteiger partial charge < -0.3 is 15.2 Å². The van der Waals surface area contributed by atoms with E-state index >= 15 is 0 Å². The van der Waals surface area contributed by atoms with Crippen LogP contribution in [0.2, 0.25) is 5.02 Å². The Hall–Kier alpha value is -0.610. The molecule has 3 nitrogen and oxygen atoms in total. The van der Waals surface area contributed by atoms with E-state index in [1.807, 2.05) is 12.1 Å². The summed E-state index contributed by atoms with van der Waals surface area (Å²) in [6, 6.07) is 3.97. The van der Waals surface area contributed by atoms with E-state index in [0.717, 1.165) is 42.6 Å². The van der Waals surface area contributed by atoms with Crippen LogP contribution in [-0.2, 0) is 15.8 Å². The highest BCUT2D eigenvalue weighted by atomic mass is 35.5. The zero-order valence-electron chi connectivity index (χ0n) is 12.3. The van der Waals surface area contributed by atoms with Gasteiger partial charge in [-0.2, -0.15) is 0 Å². The van der Waals surface area contributed by atoms with Crippen LogP contribution in [0.15, 0.2) is 12.1 Å². The number of hydrogen-bond acceptors (Lipinski definition) is 3. The number of rotatable bonds is 0. The Morgan fingerprint density at radius 3 is 2.55 bits per heavy atom. The first kappa shape index (κ1) is 14.3. The molecular formula is C16H22ClNO2. The lowest BCUT2D eigenvalue weighted by molar-refractivity contribution is -0.181. The number of piperidine rings is 1. The van der Waals surface area contributed by atoms with Crippen LogP contribution in [0, 0.1) is 0 Å². The average Bonchev–Trinajstić information content (AvgIpc) is 2.63. The van der Waals surface area contributed by atoms with Gasteiger partial charge in [-0.15, -0.1) is 0 Å². The Morgan fingerprint density at radius 1 is 1.30 bits per heavy atom. The Kier molecular flexibility index (Phi) is 3.37. The van der Waals surface area contributed by atoms with Crippen molar-refractivity contribution < 1.29 is 9.84 Å². The number of ether oxygens (including phenoxy) is 1. The van der Waals surface area contributed by atoms with Crippen LogP contribution >= 0.6 is 11.6 Å². The van der Waals surface area contributed by atoms with E-state index in [1.54, 1.807) is 0 Å². The molecule has 0 saturated carbocycles. The fourth-order valence-corrected chi connectivity index (χ4v) is 3.83. The fraction of sp³-hybridized carbons (Fsp3) is 0.625. The molecule has 0 aliphatic carbocycles. The molecule has 1 unspecified atom stereocenters. The standard InChI is InChI=1S/C16H22ClNO2/c1-15(2,3)10-4-5-11(17)13-12(10)14(19)20-16(13)6-8-18-9-7-16/h4-5,14,18-19H,6-9H2,1-3H3. The summed E-state index contributed by atoms with van der Waals surface area (Å²) in [6.07, 6.45) is 0.838. The molecule has 4 heteroatoms. The minimum Gasteiger partial charge on any atom is -0.364 e. The summed E-state index contributed by atoms with van der Waals surface area (Å²) in [6.45, 7) is 8.23. The van der Waals surface area contributed by atoms with Gasteiger partial charge in [-0.1, -0.05) is 38.4 Å². The molecule has 3 rings (SSSR count). The summed E-state index contributed by atoms with van der Waals surface area (Å²) in [5.41, 5.74) is 2.57. The number of aliphatic hydroxyl groups is 1. The van der Waals surface area contributed by atoms with Crippen LogP contribution in [0.4, 0.5) is 0 Å². The predicted molar refractivity (Wildman–Crippen MR) is 80.0 cm³/mol. The van der Waals surface area contributed by atoms with Gasteiger partial charge in [0.25, 0.3) is 0 Å². The summed E-state index contributed by atoms with van der Waals surface area (Å²) in [5, 5.41) is 14.5. The summed E-state index contributed by atoms with van der Waals surface area (Å²) >= 11 is 6.47. The van der Waals surface area contributed by atoms with Crippen molar-refractivity contribution in [3.63, 3.8) is 0 Å². The molecule has 1 spiro atoms. The van der Waals surface area contributed by atoms with Gasteiger partial charge in [0.1, 0.15) is 5.60 Å². The van der Waals surface area contributed by atoms with Gasteiger partial charge in [-0.3, -0.25) is 0 Å². The predicted octanol–water partition coefficient (Wildman–Crippen LogP) is 3.24. The molecule has 1 saturated heterocycles. The van der Waals surface area contributed by atoms with E-state index in [0.29, 0.717) is 5.02 Å². The van der Waals surface area contributed by atoms with Gasteiger partial charge in [0.15, 0.2) is 6.29 Å². The van der Waals surface area contributed by atoms with Gasteiger partial charge in [0.2, 0.25) is 0 Å². The Labute approximate surface area is 125 Å². The van der Waals surface area contributed by atoms with Gasteiger partial charge in [-0.05, 0) is 43.0 Å². The van der Waals surface area contributed by atoms with Gasteiger partial charge in [0, 0.05) is 16.1 Å². The number of halogens is 1. The van der Waals surface area contributed by atoms with Gasteiger partial charge in [-0.25, -0.2) is 0 Å². The smallest absolute Gasteiger partial charge is 0.183 e. The fourth-order valence-electron chi connectivity index (χ4n) is 3.50. The van der Waals surface area contributed by atoms with E-state index in [1.165, 1.54) is 0 Å². The molecule has 0 aromatic heterocycles. The molecule has 0 bridgehead atoms. The summed E-state index contributed by atoms with van der Waals surface area (Å²) in [5.74, 6) is 0. The van der Waals surface area contributed by atoms with Crippen LogP contribution in [-0.4, -0.2) is 18.2 Å². The van der Waals surface area contributed by atoms with Crippen LogP contribution in [0.5, 0.6) is 0 Å². The van der Waals surface area contributed by atoms with E-state index in [-0.39, 0.29) is 5.41 Å². The highest BCUT2D eigenvalue weighted by Crippen LogP contribution is 2.52. The highest BCUT2D eigenvalue weighted by molar-refractivity contribution is 6.31. The van der Waals surface area contributed by atoms with Crippen molar-refractivity contribution >= 4 is 11.6 Å². The molecule has 1 fully saturated rings. The van der Waals surface area contributed by atoms with Crippen molar-refractivity contribution in [2.24, 2.45) is 0 Å². The first-order chi connectivity index (χ1) is 9.35. The summed E-state index contributed by atoms with van der Waals surface area (Å²) < 4.78 is 6.01. The molecule has 0 amide bonds. The Morgan fingerprint density at radius 2 is 1.95 bits per heavy atom. The van der Waals surface area contributed by atoms with Crippen molar-refractivity contribution in [3.05, 3.63) is 33.8 Å². The van der Waals surface area contributed by atoms with Gasteiger partial charge >= 0.3 is 0 Å². The second-order valence-corrected chi connectivity index (χ2v) is 7.26. The van der Waals surface area contributed by atoms with Crippen molar-refractivity contribution in [1.82, 2.24) is 5.32 Å². The lowest BCUT2D eigenvalue weighted by atomic mass is 9.78. The first-order valence-corrected chi connectivity index (χ1v) is 7.63. The summed E-state index contributed by atoms with van der Waals surface area (Å²) in [7, 11) is 0. The van der Waals surface area contributed by atoms with Crippen LogP contribution in [0.25, 0.3) is 0 Å². The van der Waals surface area contributed by atoms with E-state index in [9.17, 15) is 5.11 Å². The minimum absolute atomic E-state index is 0.0442. The molecule has 1 aromatic rings. The lowest BCUT2D eigenvalue weighted by Gasteiger charge is -2.34. The minimum atomic E-state index is -0.865. The lowest BCUT2D eigenvalue weighted by Crippen LogP contribution is -2.40. The SMILES string of the molecule is CC(C)(C)c1ccc(Cl)c2c1C(O)OC21CCNCC1. The normalized spacial score (nSPS) is 24.9. The maximum Gasteiger partial charge on any atom is 0.183 e. The first-order valence-electron chi connectivity index (χ1n) is 7.25. The number of hydrogen-bond donors (Lipinski definition) is 2. The molecule has 20 heavy (non-hydrogen) atoms. The largest absolute Gasteiger partial charge is 0.364 e. The number of fused-ring (bicyclic) bond motifs is 2. The molecule has 110 valence electrons. The quantitative estimate of drug-likeness (QED) is 0.772. The van der Waals surface area contributed by atoms with Crippen molar-refractivity contribution in [2.75, 3.05) is 13.1 Å². The molecule has 2 N–H and O–H groups in total. The number of nitrogens with one attached hydrogen (secondary N) is 1. The molecular weight excluding hydrogens is 274 g/mol. The van der Waals surface area contributed by atoms with E-state index in [4.69, 9.17) is 16.3 Å². The topological polar surface area (TPSA) is 41.5 Å². The average molecular weight is 296 g/mol. The molecule has 2 aliphatic rings. The number of benzene rings is 1. The molecule has 2 heterocycles. The van der Waals surface area contributed by atoms with E-state index in [2.05, 4.69) is 26.1 Å². The third-order valence-electron chi connectivity index (χ3n) is 4.45. The van der Waals surface area contributed by atoms with Crippen molar-refractivity contribution in [2.45, 2.75) is 50.9 Å². The zero-order chi connectivity index (χ0) is 14.5. The second kappa shape index (κ2) is 4.70. The zero-order valence-corrected chi connectivity index (χ0v) is 13.0. The third kappa shape index (κ3) is 2.08. The van der Waals surface area contributed by atoms with E-state index < -0.39 is 11.9 Å². The van der Waals surface area contributed by atoms with Crippen molar-refractivity contribution in [1.29, 1.82) is 0 Å². The molecule has 1 atom stereocenters. The summed E-state index contributed by atoms with van der Waals surface area (Å²) in [4.78, 5) is 0. The maximum absolute atomic E-state index is 10.5.